The molecule has 0 spiro atoms. The molecule has 6 nitrogen and oxygen atoms in total. The Morgan fingerprint density at radius 2 is 2.11 bits per heavy atom. The Morgan fingerprint density at radius 1 is 1.33 bits per heavy atom. The molecule has 1 aromatic heterocycles. The molecule has 0 amide bonds. The van der Waals surface area contributed by atoms with E-state index in [4.69, 9.17) is 20.0 Å². The Labute approximate surface area is 104 Å². The van der Waals surface area contributed by atoms with E-state index in [0.29, 0.717) is 36.1 Å². The normalized spacial score (nSPS) is 16.4. The summed E-state index contributed by atoms with van der Waals surface area (Å²) in [5.74, 6) is 0. The van der Waals surface area contributed by atoms with E-state index in [-0.39, 0.29) is 6.61 Å². The molecule has 1 fully saturated rings. The van der Waals surface area contributed by atoms with Gasteiger partial charge in [-0.1, -0.05) is 0 Å². The number of oxazole rings is 1. The average molecular weight is 249 g/mol. The molecule has 96 valence electrons. The summed E-state index contributed by atoms with van der Waals surface area (Å²) in [5, 5.41) is 9.17. The number of aromatic nitrogens is 1. The van der Waals surface area contributed by atoms with Gasteiger partial charge in [-0.2, -0.15) is 4.98 Å². The summed E-state index contributed by atoms with van der Waals surface area (Å²) in [6, 6.07) is 4.05. The van der Waals surface area contributed by atoms with Crippen molar-refractivity contribution in [2.75, 3.05) is 36.9 Å². The lowest BCUT2D eigenvalue weighted by molar-refractivity contribution is 0.120. The number of nitrogens with two attached hydrogens (primary N) is 1. The second-order valence-electron chi connectivity index (χ2n) is 4.27. The fraction of sp³-hybridized carbons (Fsp3) is 0.417. The van der Waals surface area contributed by atoms with Crippen molar-refractivity contribution in [1.82, 2.24) is 4.98 Å². The molecular weight excluding hydrogens is 234 g/mol. The number of benzene rings is 1. The number of nitrogen functional groups attached to an aromatic ring is 1. The molecule has 1 aliphatic rings. The first kappa shape index (κ1) is 11.3. The summed E-state index contributed by atoms with van der Waals surface area (Å²) in [4.78, 5) is 6.46. The Balaban J connectivity index is 1.99. The molecule has 0 aliphatic carbocycles. The Morgan fingerprint density at radius 3 is 2.83 bits per heavy atom. The molecule has 2 aromatic rings. The van der Waals surface area contributed by atoms with Crippen LogP contribution in [0.5, 0.6) is 0 Å². The average Bonchev–Trinajstić information content (AvgIpc) is 2.81. The Bertz CT molecular complexity index is 561. The van der Waals surface area contributed by atoms with E-state index in [9.17, 15) is 0 Å². The lowest BCUT2D eigenvalue weighted by atomic mass is 10.2. The predicted octanol–water partition coefficient (Wildman–Crippen LogP) is 0.739. The highest BCUT2D eigenvalue weighted by atomic mass is 16.5. The lowest BCUT2D eigenvalue weighted by Crippen LogP contribution is -2.36. The van der Waals surface area contributed by atoms with Crippen molar-refractivity contribution in [1.29, 1.82) is 0 Å². The molecule has 1 aliphatic heterocycles. The number of fused-ring (bicyclic) bond motifs is 1. The van der Waals surface area contributed by atoms with Gasteiger partial charge in [0.2, 0.25) is 0 Å². The van der Waals surface area contributed by atoms with Crippen LogP contribution in [0.15, 0.2) is 16.5 Å². The molecule has 0 radical (unpaired) electrons. The number of hydrogen-bond acceptors (Lipinski definition) is 6. The topological polar surface area (TPSA) is 84.8 Å². The van der Waals surface area contributed by atoms with Crippen molar-refractivity contribution in [2.24, 2.45) is 0 Å². The summed E-state index contributed by atoms with van der Waals surface area (Å²) in [5.41, 5.74) is 8.36. The molecule has 0 bridgehead atoms. The lowest BCUT2D eigenvalue weighted by Gasteiger charge is -2.24. The molecule has 6 heteroatoms. The fourth-order valence-corrected chi connectivity index (χ4v) is 2.05. The van der Waals surface area contributed by atoms with Crippen LogP contribution in [0.4, 0.5) is 11.7 Å². The fourth-order valence-electron chi connectivity index (χ4n) is 2.05. The third kappa shape index (κ3) is 1.89. The van der Waals surface area contributed by atoms with Gasteiger partial charge in [0.15, 0.2) is 5.58 Å². The first-order valence-corrected chi connectivity index (χ1v) is 5.90. The minimum absolute atomic E-state index is 0.0957. The van der Waals surface area contributed by atoms with Gasteiger partial charge in [0.05, 0.1) is 19.8 Å². The molecule has 0 saturated carbocycles. The number of anilines is 2. The molecule has 1 aromatic carbocycles. The predicted molar refractivity (Wildman–Crippen MR) is 67.4 cm³/mol. The number of aliphatic hydroxyl groups excluding tert-OH is 1. The van der Waals surface area contributed by atoms with E-state index < -0.39 is 0 Å². The zero-order chi connectivity index (χ0) is 12.5. The van der Waals surface area contributed by atoms with E-state index in [2.05, 4.69) is 4.98 Å². The zero-order valence-corrected chi connectivity index (χ0v) is 9.93. The zero-order valence-electron chi connectivity index (χ0n) is 9.93. The van der Waals surface area contributed by atoms with Crippen LogP contribution >= 0.6 is 0 Å². The van der Waals surface area contributed by atoms with Crippen molar-refractivity contribution in [2.45, 2.75) is 6.61 Å². The summed E-state index contributed by atoms with van der Waals surface area (Å²) in [6.45, 7) is 2.82. The maximum Gasteiger partial charge on any atom is 0.298 e. The second-order valence-corrected chi connectivity index (χ2v) is 4.27. The van der Waals surface area contributed by atoms with Gasteiger partial charge in [-0.3, -0.25) is 0 Å². The van der Waals surface area contributed by atoms with Crippen molar-refractivity contribution < 1.29 is 14.3 Å². The highest BCUT2D eigenvalue weighted by Crippen LogP contribution is 2.26. The van der Waals surface area contributed by atoms with Gasteiger partial charge < -0.3 is 24.9 Å². The van der Waals surface area contributed by atoms with Crippen molar-refractivity contribution in [3.05, 3.63) is 17.7 Å². The number of morpholine rings is 1. The van der Waals surface area contributed by atoms with Gasteiger partial charge in [-0.05, 0) is 6.07 Å². The first-order valence-electron chi connectivity index (χ1n) is 5.90. The standard InChI is InChI=1S/C12H15N3O3/c13-9-6-11-10(5-8(9)7-16)14-12(18-11)15-1-3-17-4-2-15/h5-6,16H,1-4,7,13H2. The first-order chi connectivity index (χ1) is 8.78. The molecular formula is C12H15N3O3. The van der Waals surface area contributed by atoms with E-state index in [1.165, 1.54) is 0 Å². The van der Waals surface area contributed by atoms with E-state index in [1.807, 2.05) is 4.90 Å². The number of aliphatic hydroxyl groups is 1. The summed E-state index contributed by atoms with van der Waals surface area (Å²) >= 11 is 0. The second kappa shape index (κ2) is 4.47. The van der Waals surface area contributed by atoms with Crippen molar-refractivity contribution in [3.8, 4) is 0 Å². The highest BCUT2D eigenvalue weighted by Gasteiger charge is 2.17. The molecule has 18 heavy (non-hydrogen) atoms. The largest absolute Gasteiger partial charge is 0.423 e. The van der Waals surface area contributed by atoms with Gasteiger partial charge in [0.1, 0.15) is 5.52 Å². The maximum atomic E-state index is 9.17. The number of hydrogen-bond donors (Lipinski definition) is 2. The van der Waals surface area contributed by atoms with Crippen LogP contribution < -0.4 is 10.6 Å². The molecule has 2 heterocycles. The van der Waals surface area contributed by atoms with E-state index >= 15 is 0 Å². The van der Waals surface area contributed by atoms with Crippen LogP contribution in [0.25, 0.3) is 11.1 Å². The van der Waals surface area contributed by atoms with Crippen LogP contribution in [0.3, 0.4) is 0 Å². The van der Waals surface area contributed by atoms with Gasteiger partial charge >= 0.3 is 0 Å². The minimum atomic E-state index is -0.0957. The quantitative estimate of drug-likeness (QED) is 0.764. The van der Waals surface area contributed by atoms with Crippen molar-refractivity contribution >= 4 is 22.8 Å². The number of ether oxygens (including phenoxy) is 1. The summed E-state index contributed by atoms with van der Waals surface area (Å²) in [6.07, 6.45) is 0. The Hall–Kier alpha value is -1.79. The number of rotatable bonds is 2. The maximum absolute atomic E-state index is 9.17. The van der Waals surface area contributed by atoms with Gasteiger partial charge in [0.25, 0.3) is 6.01 Å². The molecule has 0 atom stereocenters. The molecule has 0 unspecified atom stereocenters. The molecule has 1 saturated heterocycles. The third-order valence-corrected chi connectivity index (χ3v) is 3.09. The molecule has 3 N–H and O–H groups in total. The highest BCUT2D eigenvalue weighted by molar-refractivity contribution is 5.80. The van der Waals surface area contributed by atoms with Gasteiger partial charge in [0, 0.05) is 30.4 Å². The van der Waals surface area contributed by atoms with Gasteiger partial charge in [-0.15, -0.1) is 0 Å². The smallest absolute Gasteiger partial charge is 0.298 e. The van der Waals surface area contributed by atoms with Crippen LogP contribution in [0, 0.1) is 0 Å². The summed E-state index contributed by atoms with van der Waals surface area (Å²) < 4.78 is 11.0. The van der Waals surface area contributed by atoms with Crippen molar-refractivity contribution in [3.63, 3.8) is 0 Å². The van der Waals surface area contributed by atoms with Crippen LogP contribution in [0.2, 0.25) is 0 Å². The van der Waals surface area contributed by atoms with E-state index in [1.54, 1.807) is 12.1 Å². The van der Waals surface area contributed by atoms with Crippen LogP contribution in [-0.2, 0) is 11.3 Å². The SMILES string of the molecule is Nc1cc2oc(N3CCOCC3)nc2cc1CO. The minimum Gasteiger partial charge on any atom is -0.423 e. The van der Waals surface area contributed by atoms with Gasteiger partial charge in [-0.25, -0.2) is 0 Å². The van der Waals surface area contributed by atoms with Crippen LogP contribution in [0.1, 0.15) is 5.56 Å². The van der Waals surface area contributed by atoms with E-state index in [0.717, 1.165) is 18.6 Å². The summed E-state index contributed by atoms with van der Waals surface area (Å²) in [7, 11) is 0. The number of nitrogens with zero attached hydrogens (tertiary/aromatic N) is 2. The Kier molecular flexibility index (Phi) is 2.81. The van der Waals surface area contributed by atoms with Crippen LogP contribution in [-0.4, -0.2) is 36.4 Å². The monoisotopic (exact) mass is 249 g/mol. The third-order valence-electron chi connectivity index (χ3n) is 3.09. The molecule has 3 rings (SSSR count).